The zero-order valence-electron chi connectivity index (χ0n) is 34.7. The van der Waals surface area contributed by atoms with Crippen molar-refractivity contribution in [3.8, 4) is 0 Å². The molecule has 1 aliphatic carbocycles. The van der Waals surface area contributed by atoms with Crippen LogP contribution in [0.4, 0.5) is 17.1 Å². The topological polar surface area (TPSA) is 151 Å². The van der Waals surface area contributed by atoms with Crippen LogP contribution in [0.25, 0.3) is 10.9 Å². The number of sulfone groups is 1. The number of unbranched alkanes of at least 4 members (excludes halogenated alkanes) is 9. The molecule has 1 saturated carbocycles. The highest BCUT2D eigenvalue weighted by Crippen LogP contribution is 2.50. The van der Waals surface area contributed by atoms with Crippen LogP contribution in [0.15, 0.2) is 69.3 Å². The van der Waals surface area contributed by atoms with E-state index in [1.807, 2.05) is 37.8 Å². The van der Waals surface area contributed by atoms with E-state index < -0.39 is 26.7 Å². The van der Waals surface area contributed by atoms with Crippen LogP contribution in [0.1, 0.15) is 120 Å². The number of aliphatic imine (C=N–C) groups is 1. The number of aryl methyl sites for hydroxylation is 1. The van der Waals surface area contributed by atoms with Crippen molar-refractivity contribution in [1.29, 1.82) is 0 Å². The minimum Gasteiger partial charge on any atom is -0.395 e. The number of amides is 1. The molecule has 318 valence electrons. The third-order valence-corrected chi connectivity index (χ3v) is 13.9. The van der Waals surface area contributed by atoms with E-state index in [9.17, 15) is 27.9 Å². The molecule has 1 fully saturated rings. The summed E-state index contributed by atoms with van der Waals surface area (Å²) in [7, 11) is -3.79. The number of carbonyl (C=O) groups is 2. The lowest BCUT2D eigenvalue weighted by molar-refractivity contribution is -0.110. The smallest absolute Gasteiger partial charge is 0.281 e. The summed E-state index contributed by atoms with van der Waals surface area (Å²) in [5.74, 6) is -1.48. The van der Waals surface area contributed by atoms with E-state index in [2.05, 4.69) is 17.2 Å². The molecule has 0 unspecified atom stereocenters. The normalized spacial score (nSPS) is 13.8. The van der Waals surface area contributed by atoms with Crippen molar-refractivity contribution in [2.45, 2.75) is 116 Å². The van der Waals surface area contributed by atoms with Crippen molar-refractivity contribution in [2.75, 3.05) is 35.7 Å². The Labute approximate surface area is 358 Å². The number of benzene rings is 3. The number of rotatable bonds is 22. The third-order valence-electron chi connectivity index (χ3n) is 11.3. The Bertz CT molecular complexity index is 2340. The molecule has 1 amide bonds. The number of aliphatic hydroxyl groups is 1. The SMILES string of the molecule is CCCCCCCCCCCCS(=O)(=O)c1cc(Cl)c(NC(=O)C(=Nc2ccc(N(CC)CCO)cc2C)c2nc(=O)c3ccccc3n2C(=O)C2(CC)CC2)cc1Cl. The van der Waals surface area contributed by atoms with Crippen molar-refractivity contribution < 1.29 is 23.1 Å². The number of hydrogen-bond acceptors (Lipinski definition) is 9. The fourth-order valence-electron chi connectivity index (χ4n) is 7.45. The Kier molecular flexibility index (Phi) is 16.3. The molecule has 11 nitrogen and oxygen atoms in total. The monoisotopic (exact) mass is 865 g/mol. The number of carbonyl (C=O) groups excluding carboxylic acids is 2. The minimum atomic E-state index is -3.79. The summed E-state index contributed by atoms with van der Waals surface area (Å²) in [5.41, 5.74) is 0.518. The van der Waals surface area contributed by atoms with E-state index >= 15 is 0 Å². The summed E-state index contributed by atoms with van der Waals surface area (Å²) in [6.45, 7) is 8.95. The van der Waals surface area contributed by atoms with Gasteiger partial charge in [0.2, 0.25) is 5.91 Å². The second-order valence-electron chi connectivity index (χ2n) is 15.5. The number of fused-ring (bicyclic) bond motifs is 1. The summed E-state index contributed by atoms with van der Waals surface area (Å²) < 4.78 is 28.2. The molecule has 3 aromatic carbocycles. The minimum absolute atomic E-state index is 0.00940. The number of aromatic nitrogens is 2. The highest BCUT2D eigenvalue weighted by atomic mass is 35.5. The van der Waals surface area contributed by atoms with Crippen molar-refractivity contribution in [3.05, 3.63) is 86.4 Å². The van der Waals surface area contributed by atoms with Gasteiger partial charge < -0.3 is 15.3 Å². The standard InChI is InChI=1S/C45H57Cl2N5O6S/c1-5-8-9-10-11-12-13-14-15-18-27-59(57,58)39-30-34(46)37(29-35(39)47)49-43(55)40(48-36-22-21-32(28-31(36)4)51(7-3)25-26-53)41-50-42(54)33-19-16-17-20-38(33)52(41)44(56)45(6-2)23-24-45/h16-17,19-22,28-30,53H,5-15,18,23-27H2,1-4H3,(H,49,55). The molecule has 0 radical (unpaired) electrons. The Hall–Kier alpha value is -4.10. The predicted molar refractivity (Wildman–Crippen MR) is 240 cm³/mol. The van der Waals surface area contributed by atoms with Gasteiger partial charge in [0.05, 0.1) is 49.6 Å². The number of hydrogen-bond donors (Lipinski definition) is 2. The summed E-state index contributed by atoms with van der Waals surface area (Å²) in [6, 6.07) is 14.6. The molecule has 1 heterocycles. The Morgan fingerprint density at radius 1 is 0.915 bits per heavy atom. The van der Waals surface area contributed by atoms with E-state index in [4.69, 9.17) is 28.2 Å². The summed E-state index contributed by atoms with van der Waals surface area (Å²) >= 11 is 13.3. The van der Waals surface area contributed by atoms with Crippen molar-refractivity contribution in [1.82, 2.24) is 9.55 Å². The molecule has 5 rings (SSSR count). The van der Waals surface area contributed by atoms with Gasteiger partial charge in [-0.25, -0.2) is 13.4 Å². The van der Waals surface area contributed by atoms with Gasteiger partial charge in [-0.1, -0.05) is 107 Å². The van der Waals surface area contributed by atoms with Crippen LogP contribution in [0.2, 0.25) is 10.0 Å². The molecule has 4 aromatic rings. The lowest BCUT2D eigenvalue weighted by Gasteiger charge is -2.23. The molecule has 0 aliphatic heterocycles. The van der Waals surface area contributed by atoms with Crippen LogP contribution >= 0.6 is 23.2 Å². The lowest BCUT2D eigenvalue weighted by Crippen LogP contribution is -2.36. The van der Waals surface area contributed by atoms with Gasteiger partial charge in [-0.2, -0.15) is 4.98 Å². The Morgan fingerprint density at radius 2 is 1.58 bits per heavy atom. The lowest BCUT2D eigenvalue weighted by atomic mass is 10.0. The van der Waals surface area contributed by atoms with Gasteiger partial charge in [-0.3, -0.25) is 19.0 Å². The number of anilines is 2. The molecule has 1 aliphatic rings. The molecule has 0 atom stereocenters. The average Bonchev–Trinajstić information content (AvgIpc) is 4.02. The number of halogens is 2. The maximum absolute atomic E-state index is 14.6. The fourth-order valence-corrected chi connectivity index (χ4v) is 9.70. The van der Waals surface area contributed by atoms with Gasteiger partial charge in [0, 0.05) is 24.2 Å². The van der Waals surface area contributed by atoms with Gasteiger partial charge in [0.15, 0.2) is 21.4 Å². The maximum atomic E-state index is 14.6. The Balaban J connectivity index is 1.49. The van der Waals surface area contributed by atoms with E-state index in [1.165, 1.54) is 48.8 Å². The molecule has 59 heavy (non-hydrogen) atoms. The van der Waals surface area contributed by atoms with Crippen LogP contribution in [-0.2, 0) is 14.6 Å². The van der Waals surface area contributed by atoms with Gasteiger partial charge in [-0.15, -0.1) is 0 Å². The van der Waals surface area contributed by atoms with Crippen molar-refractivity contribution in [2.24, 2.45) is 10.4 Å². The first kappa shape index (κ1) is 46.0. The van der Waals surface area contributed by atoms with Crippen LogP contribution in [0.3, 0.4) is 0 Å². The zero-order chi connectivity index (χ0) is 42.7. The molecular weight excluding hydrogens is 809 g/mol. The highest BCUT2D eigenvalue weighted by Gasteiger charge is 2.50. The van der Waals surface area contributed by atoms with Gasteiger partial charge >= 0.3 is 0 Å². The first-order valence-corrected chi connectivity index (χ1v) is 23.4. The van der Waals surface area contributed by atoms with Crippen LogP contribution in [0.5, 0.6) is 0 Å². The average molecular weight is 867 g/mol. The molecule has 2 N–H and O–H groups in total. The summed E-state index contributed by atoms with van der Waals surface area (Å²) in [4.78, 5) is 53.6. The van der Waals surface area contributed by atoms with Crippen LogP contribution in [0, 0.1) is 12.3 Å². The van der Waals surface area contributed by atoms with Gasteiger partial charge in [0.1, 0.15) is 0 Å². The largest absolute Gasteiger partial charge is 0.395 e. The summed E-state index contributed by atoms with van der Waals surface area (Å²) in [5, 5.41) is 12.4. The number of likely N-dealkylation sites (N-methyl/N-ethyl adjacent to an activating group) is 1. The number of nitrogens with one attached hydrogen (secondary N) is 1. The second kappa shape index (κ2) is 20.9. The van der Waals surface area contributed by atoms with Crippen LogP contribution < -0.4 is 15.8 Å². The molecule has 1 aromatic heterocycles. The van der Waals surface area contributed by atoms with Crippen molar-refractivity contribution >= 4 is 78.5 Å². The zero-order valence-corrected chi connectivity index (χ0v) is 37.0. The molecule has 0 bridgehead atoms. The molecular formula is C45H57Cl2N5O6S. The number of para-hydroxylation sites is 1. The number of aliphatic hydroxyl groups excluding tert-OH is 1. The fraction of sp³-hybridized carbons (Fsp3) is 0.489. The maximum Gasteiger partial charge on any atom is 0.281 e. The highest BCUT2D eigenvalue weighted by molar-refractivity contribution is 7.91. The first-order chi connectivity index (χ1) is 28.3. The van der Waals surface area contributed by atoms with Crippen LogP contribution in [-0.4, -0.2) is 66.1 Å². The number of nitrogens with zero attached hydrogens (tertiary/aromatic N) is 4. The molecule has 14 heteroatoms. The molecule has 0 spiro atoms. The van der Waals surface area contributed by atoms with E-state index in [1.54, 1.807) is 30.3 Å². The summed E-state index contributed by atoms with van der Waals surface area (Å²) in [6.07, 6.45) is 12.5. The van der Waals surface area contributed by atoms with Crippen molar-refractivity contribution in [3.63, 3.8) is 0 Å². The van der Waals surface area contributed by atoms with E-state index in [0.29, 0.717) is 55.5 Å². The molecule has 0 saturated heterocycles. The third kappa shape index (κ3) is 11.2. The first-order valence-electron chi connectivity index (χ1n) is 21.0. The Morgan fingerprint density at radius 3 is 2.19 bits per heavy atom. The van der Waals surface area contributed by atoms with Gasteiger partial charge in [0.25, 0.3) is 11.5 Å². The van der Waals surface area contributed by atoms with Gasteiger partial charge in [-0.05, 0) is 87.6 Å². The predicted octanol–water partition coefficient (Wildman–Crippen LogP) is 10.1. The van der Waals surface area contributed by atoms with E-state index in [0.717, 1.165) is 31.4 Å². The quantitative estimate of drug-likeness (QED) is 0.0585. The second-order valence-corrected chi connectivity index (χ2v) is 18.4. The van der Waals surface area contributed by atoms with E-state index in [-0.39, 0.29) is 55.8 Å².